The molecular weight excluding hydrogens is 537 g/mol. The fraction of sp³-hybridized carbons (Fsp3) is 0.227. The number of carbonyl (C=O) groups excluding carboxylic acids is 1. The zero-order chi connectivity index (χ0) is 28.0. The number of hydrogen-bond donors (Lipinski definition) is 2. The van der Waals surface area contributed by atoms with Gasteiger partial charge in [-0.3, -0.25) is 4.79 Å². The lowest BCUT2D eigenvalue weighted by Gasteiger charge is -2.20. The molecule has 2 N–H and O–H groups in total. The third-order valence-corrected chi connectivity index (χ3v) is 6.44. The van der Waals surface area contributed by atoms with Crippen molar-refractivity contribution in [3.63, 3.8) is 0 Å². The van der Waals surface area contributed by atoms with E-state index in [0.717, 1.165) is 6.07 Å². The molecule has 0 spiro atoms. The zero-order valence-corrected chi connectivity index (χ0v) is 20.6. The van der Waals surface area contributed by atoms with Gasteiger partial charge in [0, 0.05) is 28.8 Å². The van der Waals surface area contributed by atoms with Gasteiger partial charge in [0.1, 0.15) is 5.69 Å². The Morgan fingerprint density at radius 1 is 0.868 bits per heavy atom. The number of rotatable bonds is 6. The fourth-order valence-corrected chi connectivity index (χ4v) is 4.39. The van der Waals surface area contributed by atoms with Crippen molar-refractivity contribution in [2.45, 2.75) is 37.8 Å². The quantitative estimate of drug-likeness (QED) is 0.342. The van der Waals surface area contributed by atoms with E-state index in [1.807, 2.05) is 0 Å². The lowest BCUT2D eigenvalue weighted by atomic mass is 10.2. The number of hydrogen-bond acceptors (Lipinski definition) is 7. The molecule has 4 aromatic rings. The minimum atomic E-state index is -5.90. The van der Waals surface area contributed by atoms with Crippen LogP contribution in [0.3, 0.4) is 0 Å². The molecule has 0 atom stereocenters. The number of nitrogens with one attached hydrogen (secondary N) is 2. The molecular formula is C22H18F5N7O3S. The first-order valence-electron chi connectivity index (χ1n) is 10.7. The number of sulfonamides is 1. The molecule has 0 bridgehead atoms. The highest BCUT2D eigenvalue weighted by Crippen LogP contribution is 2.43. The summed E-state index contributed by atoms with van der Waals surface area (Å²) in [4.78, 5) is 24.4. The van der Waals surface area contributed by atoms with Crippen LogP contribution in [0.25, 0.3) is 5.65 Å². The molecule has 0 fully saturated rings. The van der Waals surface area contributed by atoms with Gasteiger partial charge in [-0.15, -0.1) is 0 Å². The summed E-state index contributed by atoms with van der Waals surface area (Å²) in [6.45, 7) is 4.57. The maximum Gasteiger partial charge on any atom is 0.459 e. The summed E-state index contributed by atoms with van der Waals surface area (Å²) in [5.41, 5.74) is -1.32. The topological polar surface area (TPSA) is 131 Å². The van der Waals surface area contributed by atoms with Crippen LogP contribution in [0.2, 0.25) is 0 Å². The van der Waals surface area contributed by atoms with Gasteiger partial charge in [-0.2, -0.15) is 27.1 Å². The van der Waals surface area contributed by atoms with Crippen molar-refractivity contribution in [1.29, 1.82) is 0 Å². The second-order valence-corrected chi connectivity index (χ2v) is 9.90. The molecule has 1 aromatic carbocycles. The number of alkyl halides is 5. The minimum Gasteiger partial charge on any atom is -0.321 e. The molecule has 0 aliphatic carbocycles. The lowest BCUT2D eigenvalue weighted by Crippen LogP contribution is -2.36. The Bertz CT molecular complexity index is 1630. The van der Waals surface area contributed by atoms with Crippen LogP contribution >= 0.6 is 0 Å². The normalized spacial score (nSPS) is 12.5. The Balaban J connectivity index is 1.56. The SMILES string of the molecule is Cc1cc(C)nc(NS(=O)(=O)c2ccc(NC(=O)c3cc4nc(C)cc(C(F)(F)C(F)(F)F)n4n3)cc2)n1. The third-order valence-electron chi connectivity index (χ3n) is 5.10. The molecule has 0 radical (unpaired) electrons. The van der Waals surface area contributed by atoms with Gasteiger partial charge in [0.25, 0.3) is 15.9 Å². The highest BCUT2D eigenvalue weighted by Gasteiger charge is 2.60. The molecule has 200 valence electrons. The van der Waals surface area contributed by atoms with E-state index in [1.54, 1.807) is 19.9 Å². The average molecular weight is 555 g/mol. The Morgan fingerprint density at radius 2 is 1.45 bits per heavy atom. The number of amides is 1. The Hall–Kier alpha value is -4.21. The summed E-state index contributed by atoms with van der Waals surface area (Å²) in [5.74, 6) is -6.33. The van der Waals surface area contributed by atoms with E-state index in [1.165, 1.54) is 31.2 Å². The maximum absolute atomic E-state index is 14.1. The zero-order valence-electron chi connectivity index (χ0n) is 19.8. The summed E-state index contributed by atoms with van der Waals surface area (Å²) in [6, 6.07) is 8.00. The van der Waals surface area contributed by atoms with Gasteiger partial charge in [-0.25, -0.2) is 32.6 Å². The summed E-state index contributed by atoms with van der Waals surface area (Å²) in [7, 11) is -4.07. The van der Waals surface area contributed by atoms with E-state index < -0.39 is 45.1 Å². The molecule has 0 aliphatic heterocycles. The Labute approximate surface area is 212 Å². The van der Waals surface area contributed by atoms with Crippen molar-refractivity contribution in [2.24, 2.45) is 0 Å². The molecule has 0 aliphatic rings. The van der Waals surface area contributed by atoms with E-state index in [2.05, 4.69) is 30.1 Å². The standard InChI is InChI=1S/C22H18F5N7O3S/c1-11-8-12(2)30-20(29-11)33-38(36,37)15-6-4-14(5-7-15)31-19(35)16-10-18-28-13(3)9-17(34(18)32-16)21(23,24)22(25,26)27/h4-10H,1-3H3,(H,31,35)(H,29,30,33). The van der Waals surface area contributed by atoms with Crippen molar-refractivity contribution < 1.29 is 35.2 Å². The molecule has 0 unspecified atom stereocenters. The molecule has 0 saturated heterocycles. The first kappa shape index (κ1) is 26.8. The molecule has 1 amide bonds. The van der Waals surface area contributed by atoms with Crippen molar-refractivity contribution in [1.82, 2.24) is 24.6 Å². The smallest absolute Gasteiger partial charge is 0.321 e. The van der Waals surface area contributed by atoms with E-state index in [-0.39, 0.29) is 26.7 Å². The van der Waals surface area contributed by atoms with Gasteiger partial charge in [0.05, 0.1) is 4.90 Å². The molecule has 16 heteroatoms. The van der Waals surface area contributed by atoms with E-state index in [0.29, 0.717) is 17.5 Å². The molecule has 4 rings (SSSR count). The fourth-order valence-electron chi connectivity index (χ4n) is 3.44. The number of aromatic nitrogens is 5. The van der Waals surface area contributed by atoms with Crippen LogP contribution in [-0.2, 0) is 15.9 Å². The van der Waals surface area contributed by atoms with E-state index in [9.17, 15) is 35.2 Å². The summed E-state index contributed by atoms with van der Waals surface area (Å²) >= 11 is 0. The average Bonchev–Trinajstić information content (AvgIpc) is 3.21. The number of fused-ring (bicyclic) bond motifs is 1. The maximum atomic E-state index is 14.1. The molecule has 3 aromatic heterocycles. The van der Waals surface area contributed by atoms with E-state index in [4.69, 9.17) is 0 Å². The van der Waals surface area contributed by atoms with E-state index >= 15 is 0 Å². The number of aryl methyl sites for hydroxylation is 3. The van der Waals surface area contributed by atoms with Gasteiger partial charge >= 0.3 is 12.1 Å². The number of carbonyl (C=O) groups is 1. The molecule has 3 heterocycles. The monoisotopic (exact) mass is 555 g/mol. The van der Waals surface area contributed by atoms with Crippen LogP contribution < -0.4 is 10.0 Å². The van der Waals surface area contributed by atoms with Gasteiger partial charge in [0.2, 0.25) is 5.95 Å². The van der Waals surface area contributed by atoms with Crippen LogP contribution in [-0.4, -0.2) is 45.1 Å². The highest BCUT2D eigenvalue weighted by molar-refractivity contribution is 7.92. The first-order valence-corrected chi connectivity index (χ1v) is 12.1. The largest absolute Gasteiger partial charge is 0.459 e. The number of nitrogens with zero attached hydrogens (tertiary/aromatic N) is 5. The number of halogens is 5. The predicted molar refractivity (Wildman–Crippen MR) is 124 cm³/mol. The third kappa shape index (κ3) is 5.25. The first-order chi connectivity index (χ1) is 17.6. The molecule has 10 nitrogen and oxygen atoms in total. The van der Waals surface area contributed by atoms with Gasteiger partial charge in [0.15, 0.2) is 11.3 Å². The van der Waals surface area contributed by atoms with Crippen LogP contribution in [0.4, 0.5) is 33.6 Å². The lowest BCUT2D eigenvalue weighted by molar-refractivity contribution is -0.291. The van der Waals surface area contributed by atoms with Crippen LogP contribution in [0.5, 0.6) is 0 Å². The van der Waals surface area contributed by atoms with Gasteiger partial charge < -0.3 is 5.32 Å². The second kappa shape index (κ2) is 9.27. The molecule has 0 saturated carbocycles. The van der Waals surface area contributed by atoms with Crippen molar-refractivity contribution >= 4 is 33.2 Å². The van der Waals surface area contributed by atoms with Crippen LogP contribution in [0.15, 0.2) is 47.4 Å². The Morgan fingerprint density at radius 3 is 2.03 bits per heavy atom. The van der Waals surface area contributed by atoms with Crippen LogP contribution in [0, 0.1) is 20.8 Å². The van der Waals surface area contributed by atoms with Crippen LogP contribution in [0.1, 0.15) is 33.3 Å². The Kier molecular flexibility index (Phi) is 6.55. The number of anilines is 2. The summed E-state index contributed by atoms with van der Waals surface area (Å²) in [6.07, 6.45) is -5.90. The van der Waals surface area contributed by atoms with Crippen molar-refractivity contribution in [2.75, 3.05) is 10.0 Å². The minimum absolute atomic E-state index is 0.0960. The second-order valence-electron chi connectivity index (χ2n) is 8.21. The van der Waals surface area contributed by atoms with Crippen molar-refractivity contribution in [3.8, 4) is 0 Å². The summed E-state index contributed by atoms with van der Waals surface area (Å²) in [5, 5.41) is 5.96. The highest BCUT2D eigenvalue weighted by atomic mass is 32.2. The summed E-state index contributed by atoms with van der Waals surface area (Å²) < 4.78 is 94.8. The van der Waals surface area contributed by atoms with Gasteiger partial charge in [-0.05, 0) is 57.2 Å². The molecule has 38 heavy (non-hydrogen) atoms. The number of benzene rings is 1. The predicted octanol–water partition coefficient (Wildman–Crippen LogP) is 4.15. The van der Waals surface area contributed by atoms with Gasteiger partial charge in [-0.1, -0.05) is 0 Å². The van der Waals surface area contributed by atoms with Crippen molar-refractivity contribution in [3.05, 3.63) is 70.9 Å².